The van der Waals surface area contributed by atoms with Crippen LogP contribution in [0.25, 0.3) is 0 Å². The van der Waals surface area contributed by atoms with Gasteiger partial charge in [-0.3, -0.25) is 19.2 Å². The summed E-state index contributed by atoms with van der Waals surface area (Å²) in [6, 6.07) is 0. The van der Waals surface area contributed by atoms with Crippen LogP contribution in [0.4, 0.5) is 0 Å². The van der Waals surface area contributed by atoms with E-state index in [0.29, 0.717) is 0 Å². The van der Waals surface area contributed by atoms with Gasteiger partial charge < -0.3 is 14.9 Å². The molecule has 4 bridgehead atoms. The van der Waals surface area contributed by atoms with E-state index in [9.17, 15) is 29.4 Å². The number of allylic oxidation sites excluding steroid dienone is 4. The summed E-state index contributed by atoms with van der Waals surface area (Å²) in [5, 5.41) is 19.1. The summed E-state index contributed by atoms with van der Waals surface area (Å²) in [5.74, 6) is -8.55. The van der Waals surface area contributed by atoms with Gasteiger partial charge in [-0.1, -0.05) is 38.2 Å². The fourth-order valence-corrected chi connectivity index (χ4v) is 5.95. The third-order valence-corrected chi connectivity index (χ3v) is 7.29. The van der Waals surface area contributed by atoms with Crippen molar-refractivity contribution in [3.63, 3.8) is 0 Å². The first-order chi connectivity index (χ1) is 12.7. The Bertz CT molecular complexity index is 717. The molecular weight excluding hydrogens is 352 g/mol. The maximum atomic E-state index is 12.7. The minimum Gasteiger partial charge on any atom is -0.481 e. The van der Waals surface area contributed by atoms with E-state index >= 15 is 0 Å². The van der Waals surface area contributed by atoms with Crippen molar-refractivity contribution in [3.8, 4) is 0 Å². The number of rotatable bonds is 4. The molecule has 0 aliphatic heterocycles. The zero-order chi connectivity index (χ0) is 19.6. The van der Waals surface area contributed by atoms with Crippen molar-refractivity contribution in [1.29, 1.82) is 0 Å². The van der Waals surface area contributed by atoms with Gasteiger partial charge in [0.05, 0.1) is 23.7 Å². The highest BCUT2D eigenvalue weighted by molar-refractivity contribution is 5.93. The van der Waals surface area contributed by atoms with E-state index in [0.717, 1.165) is 0 Å². The molecule has 4 rings (SSSR count). The van der Waals surface area contributed by atoms with E-state index in [4.69, 9.17) is 4.74 Å². The molecule has 0 spiro atoms. The summed E-state index contributed by atoms with van der Waals surface area (Å²) in [6.45, 7) is 3.78. The Morgan fingerprint density at radius 3 is 1.22 bits per heavy atom. The smallest absolute Gasteiger partial charge is 0.318 e. The van der Waals surface area contributed by atoms with Gasteiger partial charge in [0.25, 0.3) is 0 Å². The van der Waals surface area contributed by atoms with Crippen LogP contribution in [-0.2, 0) is 23.9 Å². The van der Waals surface area contributed by atoms with Crippen LogP contribution in [-0.4, -0.2) is 34.1 Å². The molecule has 2 saturated carbocycles. The standard InChI is InChI=1S/C20H22O7/c1-7-9-3-5-11(7)15(13(9)17(21)22)19(25)27-20(26)16-12-6-4-10(8(12)2)14(16)18(23)24/h3-16H,1-2H3,(H,21,22)(H,23,24). The van der Waals surface area contributed by atoms with Crippen LogP contribution < -0.4 is 0 Å². The molecule has 0 aromatic carbocycles. The van der Waals surface area contributed by atoms with Gasteiger partial charge in [-0.15, -0.1) is 0 Å². The molecule has 0 aromatic heterocycles. The van der Waals surface area contributed by atoms with Gasteiger partial charge in [-0.25, -0.2) is 0 Å². The number of carboxylic acids is 2. The number of esters is 2. The molecule has 0 saturated heterocycles. The van der Waals surface area contributed by atoms with Crippen molar-refractivity contribution >= 4 is 23.9 Å². The fourth-order valence-electron chi connectivity index (χ4n) is 5.95. The molecule has 4 aliphatic carbocycles. The number of hydrogen-bond donors (Lipinski definition) is 2. The van der Waals surface area contributed by atoms with Crippen molar-refractivity contribution in [2.45, 2.75) is 13.8 Å². The van der Waals surface area contributed by atoms with Crippen molar-refractivity contribution < 1.29 is 34.1 Å². The Labute approximate surface area is 156 Å². The predicted molar refractivity (Wildman–Crippen MR) is 90.9 cm³/mol. The lowest BCUT2D eigenvalue weighted by atomic mass is 9.82. The number of carbonyl (C=O) groups excluding carboxylic acids is 2. The predicted octanol–water partition coefficient (Wildman–Crippen LogP) is 1.59. The van der Waals surface area contributed by atoms with Crippen molar-refractivity contribution in [1.82, 2.24) is 0 Å². The van der Waals surface area contributed by atoms with E-state index in [-0.39, 0.29) is 35.5 Å². The Hall–Kier alpha value is -2.44. The third kappa shape index (κ3) is 2.40. The lowest BCUT2D eigenvalue weighted by Crippen LogP contribution is -2.39. The largest absolute Gasteiger partial charge is 0.481 e. The Balaban J connectivity index is 1.54. The van der Waals surface area contributed by atoms with Gasteiger partial charge in [0, 0.05) is 0 Å². The second kappa shape index (κ2) is 6.04. The topological polar surface area (TPSA) is 118 Å². The number of fused-ring (bicyclic) bond motifs is 4. The van der Waals surface area contributed by atoms with Crippen LogP contribution >= 0.6 is 0 Å². The zero-order valence-corrected chi connectivity index (χ0v) is 15.0. The van der Waals surface area contributed by atoms with Gasteiger partial charge in [-0.2, -0.15) is 0 Å². The second-order valence-corrected chi connectivity index (χ2v) is 8.32. The van der Waals surface area contributed by atoms with Crippen LogP contribution in [0.3, 0.4) is 0 Å². The summed E-state index contributed by atoms with van der Waals surface area (Å²) < 4.78 is 5.11. The second-order valence-electron chi connectivity index (χ2n) is 8.32. The van der Waals surface area contributed by atoms with Gasteiger partial charge in [0.1, 0.15) is 0 Å². The number of hydrogen-bond acceptors (Lipinski definition) is 5. The molecule has 0 radical (unpaired) electrons. The summed E-state index contributed by atoms with van der Waals surface area (Å²) >= 11 is 0. The van der Waals surface area contributed by atoms with Crippen molar-refractivity contribution in [3.05, 3.63) is 24.3 Å². The molecule has 4 aliphatic rings. The molecule has 7 nitrogen and oxygen atoms in total. The maximum Gasteiger partial charge on any atom is 0.318 e. The van der Waals surface area contributed by atoms with Crippen LogP contribution in [0.5, 0.6) is 0 Å². The monoisotopic (exact) mass is 374 g/mol. The quantitative estimate of drug-likeness (QED) is 0.436. The minimum atomic E-state index is -1.08. The molecule has 27 heavy (non-hydrogen) atoms. The summed E-state index contributed by atoms with van der Waals surface area (Å²) in [7, 11) is 0. The Morgan fingerprint density at radius 1 is 0.630 bits per heavy atom. The van der Waals surface area contributed by atoms with Crippen LogP contribution in [0.2, 0.25) is 0 Å². The fraction of sp³-hybridized carbons (Fsp3) is 0.600. The molecule has 0 aromatic rings. The van der Waals surface area contributed by atoms with E-state index in [2.05, 4.69) is 0 Å². The molecule has 7 heteroatoms. The van der Waals surface area contributed by atoms with Gasteiger partial charge in [0.2, 0.25) is 0 Å². The van der Waals surface area contributed by atoms with Crippen LogP contribution in [0.15, 0.2) is 24.3 Å². The Morgan fingerprint density at radius 2 is 0.926 bits per heavy atom. The minimum absolute atomic E-state index is 0.00373. The van der Waals surface area contributed by atoms with Crippen LogP contribution in [0.1, 0.15) is 13.8 Å². The van der Waals surface area contributed by atoms with E-state index in [1.54, 1.807) is 0 Å². The number of carboxylic acid groups (broad SMARTS) is 2. The first-order valence-electron chi connectivity index (χ1n) is 9.31. The molecule has 144 valence electrons. The Kier molecular flexibility index (Phi) is 4.01. The number of ether oxygens (including phenoxy) is 1. The lowest BCUT2D eigenvalue weighted by Gasteiger charge is -2.25. The van der Waals surface area contributed by atoms with E-state index in [1.165, 1.54) is 0 Å². The van der Waals surface area contributed by atoms with Crippen molar-refractivity contribution in [2.75, 3.05) is 0 Å². The molecule has 2 N–H and O–H groups in total. The van der Waals surface area contributed by atoms with E-state index in [1.807, 2.05) is 38.2 Å². The first-order valence-corrected chi connectivity index (χ1v) is 9.31. The molecule has 10 unspecified atom stereocenters. The number of carbonyl (C=O) groups is 4. The van der Waals surface area contributed by atoms with Gasteiger partial charge in [-0.05, 0) is 35.5 Å². The molecule has 10 atom stereocenters. The average molecular weight is 374 g/mol. The zero-order valence-electron chi connectivity index (χ0n) is 15.0. The third-order valence-electron chi connectivity index (χ3n) is 7.29. The number of aliphatic carboxylic acids is 2. The highest BCUT2D eigenvalue weighted by Gasteiger charge is 2.59. The molecule has 0 amide bonds. The summed E-state index contributed by atoms with van der Waals surface area (Å²) in [5.41, 5.74) is 0. The highest BCUT2D eigenvalue weighted by atomic mass is 16.6. The van der Waals surface area contributed by atoms with Crippen molar-refractivity contribution in [2.24, 2.45) is 59.2 Å². The maximum absolute atomic E-state index is 12.7. The average Bonchev–Trinajstić information content (AvgIpc) is 3.31. The van der Waals surface area contributed by atoms with Crippen LogP contribution in [0, 0.1) is 59.2 Å². The van der Waals surface area contributed by atoms with Gasteiger partial charge >= 0.3 is 23.9 Å². The SMILES string of the molecule is CC1C2C=CC1C(C(=O)OC(=O)C1C3C=CC(C3C)C1C(=O)O)C2C(=O)O. The van der Waals surface area contributed by atoms with Gasteiger partial charge in [0.15, 0.2) is 0 Å². The summed E-state index contributed by atoms with van der Waals surface area (Å²) in [6.07, 6.45) is 7.30. The van der Waals surface area contributed by atoms with E-state index < -0.39 is 47.5 Å². The molecule has 0 heterocycles. The molecular formula is C20H22O7. The summed E-state index contributed by atoms with van der Waals surface area (Å²) in [4.78, 5) is 48.8. The molecule has 2 fully saturated rings. The lowest BCUT2D eigenvalue weighted by molar-refractivity contribution is -0.173. The normalized spacial score (nSPS) is 46.0. The first kappa shape index (κ1) is 17.9. The highest BCUT2D eigenvalue weighted by Crippen LogP contribution is 2.54.